The molecule has 1 amide bonds. The van der Waals surface area contributed by atoms with Crippen LogP contribution in [0.3, 0.4) is 0 Å². The smallest absolute Gasteiger partial charge is 0.245 e. The highest BCUT2D eigenvalue weighted by Gasteiger charge is 2.33. The van der Waals surface area contributed by atoms with E-state index in [1.54, 1.807) is 12.1 Å². The second-order valence-electron chi connectivity index (χ2n) is 6.24. The molecule has 124 valence electrons. The highest BCUT2D eigenvalue weighted by molar-refractivity contribution is 6.03. The molecular weight excluding hydrogens is 300 g/mol. The first-order valence-electron chi connectivity index (χ1n) is 8.20. The molecule has 4 heteroatoms. The molecule has 24 heavy (non-hydrogen) atoms. The van der Waals surface area contributed by atoms with Crippen molar-refractivity contribution >= 4 is 11.6 Å². The molecule has 0 bridgehead atoms. The van der Waals surface area contributed by atoms with Crippen LogP contribution in [0, 0.1) is 5.92 Å². The molecule has 0 saturated heterocycles. The standard InChI is InChI=1S/C20H22N2O2/c1-14(2)20(23)22-19(16-7-5-4-6-8-16)13-18(21-22)15-9-11-17(24-3)12-10-15/h4-12,14,19H,13H2,1-3H3/t19-/m1/s1. The van der Waals surface area contributed by atoms with E-state index in [9.17, 15) is 4.79 Å². The molecule has 0 unspecified atom stereocenters. The Morgan fingerprint density at radius 3 is 2.38 bits per heavy atom. The molecule has 4 nitrogen and oxygen atoms in total. The lowest BCUT2D eigenvalue weighted by atomic mass is 9.98. The summed E-state index contributed by atoms with van der Waals surface area (Å²) in [6.07, 6.45) is 0.717. The van der Waals surface area contributed by atoms with E-state index >= 15 is 0 Å². The number of methoxy groups -OCH3 is 1. The van der Waals surface area contributed by atoms with Crippen LogP contribution in [-0.2, 0) is 4.79 Å². The molecule has 2 aromatic rings. The molecule has 0 N–H and O–H groups in total. The molecule has 2 aromatic carbocycles. The number of hydrogen-bond donors (Lipinski definition) is 0. The van der Waals surface area contributed by atoms with Gasteiger partial charge in [0.05, 0.1) is 18.9 Å². The number of rotatable bonds is 4. The zero-order valence-corrected chi connectivity index (χ0v) is 14.3. The summed E-state index contributed by atoms with van der Waals surface area (Å²) in [5, 5.41) is 6.30. The first kappa shape index (κ1) is 16.2. The van der Waals surface area contributed by atoms with Gasteiger partial charge in [0.15, 0.2) is 0 Å². The third-order valence-electron chi connectivity index (χ3n) is 4.24. The van der Waals surface area contributed by atoms with E-state index in [1.165, 1.54) is 0 Å². The van der Waals surface area contributed by atoms with Gasteiger partial charge in [0.1, 0.15) is 5.75 Å². The molecule has 1 aliphatic rings. The van der Waals surface area contributed by atoms with Crippen LogP contribution in [0.5, 0.6) is 5.75 Å². The second-order valence-corrected chi connectivity index (χ2v) is 6.24. The molecule has 0 aliphatic carbocycles. The van der Waals surface area contributed by atoms with Gasteiger partial charge in [-0.05, 0) is 35.4 Å². The maximum Gasteiger partial charge on any atom is 0.245 e. The number of benzene rings is 2. The van der Waals surface area contributed by atoms with E-state index in [-0.39, 0.29) is 17.9 Å². The van der Waals surface area contributed by atoms with Crippen LogP contribution < -0.4 is 4.74 Å². The Balaban J connectivity index is 1.93. The minimum atomic E-state index is -0.0878. The molecule has 1 heterocycles. The van der Waals surface area contributed by atoms with E-state index in [4.69, 9.17) is 4.74 Å². The Hall–Kier alpha value is -2.62. The predicted molar refractivity (Wildman–Crippen MR) is 95.0 cm³/mol. The summed E-state index contributed by atoms with van der Waals surface area (Å²) in [4.78, 5) is 12.6. The first-order valence-corrected chi connectivity index (χ1v) is 8.20. The zero-order valence-electron chi connectivity index (χ0n) is 14.3. The Morgan fingerprint density at radius 1 is 1.12 bits per heavy atom. The van der Waals surface area contributed by atoms with Crippen LogP contribution in [0.1, 0.15) is 37.4 Å². The average Bonchev–Trinajstić information content (AvgIpc) is 3.07. The summed E-state index contributed by atoms with van der Waals surface area (Å²) < 4.78 is 5.21. The lowest BCUT2D eigenvalue weighted by molar-refractivity contribution is -0.136. The number of ether oxygens (including phenoxy) is 1. The Morgan fingerprint density at radius 2 is 1.79 bits per heavy atom. The van der Waals surface area contributed by atoms with Gasteiger partial charge < -0.3 is 4.74 Å². The molecule has 3 rings (SSSR count). The Kier molecular flexibility index (Phi) is 4.65. The molecule has 0 saturated carbocycles. The second kappa shape index (κ2) is 6.87. The summed E-state index contributed by atoms with van der Waals surface area (Å²) in [5.74, 6) is 0.773. The van der Waals surface area contributed by atoms with Gasteiger partial charge in [-0.3, -0.25) is 4.79 Å². The summed E-state index contributed by atoms with van der Waals surface area (Å²) in [7, 11) is 1.65. The van der Waals surface area contributed by atoms with Gasteiger partial charge in [-0.2, -0.15) is 5.10 Å². The van der Waals surface area contributed by atoms with Gasteiger partial charge >= 0.3 is 0 Å². The van der Waals surface area contributed by atoms with E-state index < -0.39 is 0 Å². The minimum absolute atomic E-state index is 0.0433. The molecule has 1 atom stereocenters. The summed E-state index contributed by atoms with van der Waals surface area (Å²) in [6, 6.07) is 17.9. The topological polar surface area (TPSA) is 41.9 Å². The Labute approximate surface area is 142 Å². The molecule has 0 fully saturated rings. The molecule has 0 aromatic heterocycles. The van der Waals surface area contributed by atoms with Crippen molar-refractivity contribution in [3.05, 3.63) is 65.7 Å². The third-order valence-corrected chi connectivity index (χ3v) is 4.24. The van der Waals surface area contributed by atoms with E-state index in [0.29, 0.717) is 0 Å². The van der Waals surface area contributed by atoms with E-state index in [2.05, 4.69) is 17.2 Å². The van der Waals surface area contributed by atoms with Crippen molar-refractivity contribution in [2.45, 2.75) is 26.3 Å². The fourth-order valence-electron chi connectivity index (χ4n) is 2.87. The maximum absolute atomic E-state index is 12.6. The van der Waals surface area contributed by atoms with Crippen LogP contribution in [0.25, 0.3) is 0 Å². The van der Waals surface area contributed by atoms with Crippen LogP contribution in [0.15, 0.2) is 59.7 Å². The largest absolute Gasteiger partial charge is 0.497 e. The van der Waals surface area contributed by atoms with E-state index in [1.807, 2.05) is 56.3 Å². The van der Waals surface area contributed by atoms with Crippen LogP contribution in [0.4, 0.5) is 0 Å². The van der Waals surface area contributed by atoms with Crippen molar-refractivity contribution in [1.29, 1.82) is 0 Å². The third kappa shape index (κ3) is 3.18. The van der Waals surface area contributed by atoms with Gasteiger partial charge in [0.2, 0.25) is 5.91 Å². The average molecular weight is 322 g/mol. The number of carbonyl (C=O) groups excluding carboxylic acids is 1. The number of hydrogen-bond acceptors (Lipinski definition) is 3. The molecule has 1 aliphatic heterocycles. The highest BCUT2D eigenvalue weighted by atomic mass is 16.5. The van der Waals surface area contributed by atoms with Crippen molar-refractivity contribution < 1.29 is 9.53 Å². The normalized spacial score (nSPS) is 17.1. The van der Waals surface area contributed by atoms with Gasteiger partial charge in [0, 0.05) is 12.3 Å². The fraction of sp³-hybridized carbons (Fsp3) is 0.300. The van der Waals surface area contributed by atoms with Crippen LogP contribution in [0.2, 0.25) is 0 Å². The monoisotopic (exact) mass is 322 g/mol. The number of amides is 1. The molecule has 0 spiro atoms. The quantitative estimate of drug-likeness (QED) is 0.853. The highest BCUT2D eigenvalue weighted by Crippen LogP contribution is 2.33. The summed E-state index contributed by atoms with van der Waals surface area (Å²) in [6.45, 7) is 3.82. The van der Waals surface area contributed by atoms with Gasteiger partial charge in [-0.25, -0.2) is 5.01 Å². The fourth-order valence-corrected chi connectivity index (χ4v) is 2.87. The Bertz CT molecular complexity index is 736. The SMILES string of the molecule is COc1ccc(C2=NN(C(=O)C(C)C)[C@@H](c3ccccc3)C2)cc1. The van der Waals surface area contributed by atoms with Crippen LogP contribution in [-0.4, -0.2) is 23.7 Å². The van der Waals surface area contributed by atoms with Crippen molar-refractivity contribution in [3.63, 3.8) is 0 Å². The number of carbonyl (C=O) groups is 1. The van der Waals surface area contributed by atoms with Gasteiger partial charge in [-0.1, -0.05) is 44.2 Å². The number of hydrazone groups is 1. The lowest BCUT2D eigenvalue weighted by Crippen LogP contribution is -2.30. The maximum atomic E-state index is 12.6. The summed E-state index contributed by atoms with van der Waals surface area (Å²) in [5.41, 5.74) is 3.06. The van der Waals surface area contributed by atoms with Crippen molar-refractivity contribution in [1.82, 2.24) is 5.01 Å². The minimum Gasteiger partial charge on any atom is -0.497 e. The van der Waals surface area contributed by atoms with E-state index in [0.717, 1.165) is 29.0 Å². The lowest BCUT2D eigenvalue weighted by Gasteiger charge is -2.23. The van der Waals surface area contributed by atoms with Gasteiger partial charge in [-0.15, -0.1) is 0 Å². The van der Waals surface area contributed by atoms with Crippen LogP contribution >= 0.6 is 0 Å². The molecule has 0 radical (unpaired) electrons. The zero-order chi connectivity index (χ0) is 17.1. The van der Waals surface area contributed by atoms with Gasteiger partial charge in [0.25, 0.3) is 0 Å². The summed E-state index contributed by atoms with van der Waals surface area (Å²) >= 11 is 0. The molecular formula is C20H22N2O2. The number of nitrogens with zero attached hydrogens (tertiary/aromatic N) is 2. The predicted octanol–water partition coefficient (Wildman–Crippen LogP) is 4.03. The van der Waals surface area contributed by atoms with Crippen molar-refractivity contribution in [2.75, 3.05) is 7.11 Å². The van der Waals surface area contributed by atoms with Crippen molar-refractivity contribution in [2.24, 2.45) is 11.0 Å². The first-order chi connectivity index (χ1) is 11.6. The van der Waals surface area contributed by atoms with Crippen molar-refractivity contribution in [3.8, 4) is 5.75 Å².